The van der Waals surface area contributed by atoms with Gasteiger partial charge in [0.2, 0.25) is 5.91 Å². The molecule has 6 N–H and O–H groups in total. The average molecular weight is 534 g/mol. The predicted octanol–water partition coefficient (Wildman–Crippen LogP) is -1.71. The molecule has 0 aliphatic carbocycles. The first-order valence-electron chi connectivity index (χ1n) is 11.5. The number of para-hydroxylation sites is 1. The van der Waals surface area contributed by atoms with Gasteiger partial charge in [-0.2, -0.15) is 0 Å². The monoisotopic (exact) mass is 533 g/mol. The van der Waals surface area contributed by atoms with Gasteiger partial charge >= 0.3 is 5.97 Å². The summed E-state index contributed by atoms with van der Waals surface area (Å²) in [5, 5.41) is 57.9. The zero-order valence-corrected chi connectivity index (χ0v) is 21.2. The molecular weight excluding hydrogens is 498 g/mol. The number of hydrogen-bond acceptors (Lipinski definition) is 10. The highest BCUT2D eigenvalue weighted by Crippen LogP contribution is 2.29. The number of carboxylic acid groups (broad SMARTS) is 1. The maximum atomic E-state index is 13.3. The van der Waals surface area contributed by atoms with Crippen molar-refractivity contribution in [1.29, 1.82) is 0 Å². The topological polar surface area (TPSA) is 194 Å². The molecule has 3 unspecified atom stereocenters. The maximum Gasteiger partial charge on any atom is 0.333 e. The lowest BCUT2D eigenvalue weighted by molar-refractivity contribution is -0.301. The minimum absolute atomic E-state index is 0.212. The summed E-state index contributed by atoms with van der Waals surface area (Å²) in [4.78, 5) is 25.6. The Bertz CT molecular complexity index is 927. The van der Waals surface area contributed by atoms with Crippen molar-refractivity contribution in [3.8, 4) is 0 Å². The van der Waals surface area contributed by atoms with E-state index in [-0.39, 0.29) is 6.61 Å². The number of carbonyl (C=O) groups excluding carboxylic acids is 1. The first kappa shape index (κ1) is 30.3. The van der Waals surface area contributed by atoms with Crippen molar-refractivity contribution in [2.75, 3.05) is 29.6 Å². The molecule has 1 saturated heterocycles. The molecule has 0 bridgehead atoms. The molecule has 1 aromatic carbocycles. The molecule has 204 valence electrons. The van der Waals surface area contributed by atoms with Crippen LogP contribution in [-0.2, 0) is 36.3 Å². The number of carbonyl (C=O) groups is 2. The highest BCUT2D eigenvalue weighted by Gasteiger charge is 2.44. The van der Waals surface area contributed by atoms with Crippen LogP contribution in [0.5, 0.6) is 0 Å². The molecule has 2 rings (SSSR count). The van der Waals surface area contributed by atoms with Crippen molar-refractivity contribution >= 4 is 28.4 Å². The highest BCUT2D eigenvalue weighted by molar-refractivity contribution is 7.85. The number of rotatable bonds is 12. The molecule has 1 aromatic rings. The summed E-state index contributed by atoms with van der Waals surface area (Å²) in [7, 11) is -1.97. The number of aryl methyl sites for hydroxylation is 2. The van der Waals surface area contributed by atoms with E-state index in [0.717, 1.165) is 11.1 Å². The number of ether oxygens (including phenoxy) is 2. The molecule has 1 heterocycles. The molecule has 8 atom stereocenters. The summed E-state index contributed by atoms with van der Waals surface area (Å²) in [5.74, 6) is -3.30. The Hall–Kier alpha value is -1.97. The number of carboxylic acids is 1. The van der Waals surface area contributed by atoms with Crippen molar-refractivity contribution in [3.63, 3.8) is 0 Å². The van der Waals surface area contributed by atoms with Gasteiger partial charge < -0.3 is 45.0 Å². The lowest BCUT2D eigenvalue weighted by atomic mass is 9.99. The average Bonchev–Trinajstić information content (AvgIpc) is 2.83. The van der Waals surface area contributed by atoms with Crippen LogP contribution in [0.2, 0.25) is 0 Å². The summed E-state index contributed by atoms with van der Waals surface area (Å²) >= 11 is 0. The smallest absolute Gasteiger partial charge is 0.333 e. The van der Waals surface area contributed by atoms with E-state index < -0.39 is 83.6 Å². The number of benzene rings is 1. The van der Waals surface area contributed by atoms with Crippen molar-refractivity contribution in [1.82, 2.24) is 0 Å². The van der Waals surface area contributed by atoms with Gasteiger partial charge in [-0.3, -0.25) is 9.00 Å². The SMILES string of the molecule is CCc1cccc(C)c1N(C(=O)CS(=O)CC(O)C(=O)O)C(C)CO[C@@H]1O[C@H](CO)[C@@H](O)[C@H](O)[C@H]1O. The van der Waals surface area contributed by atoms with Crippen LogP contribution >= 0.6 is 0 Å². The number of amides is 1. The summed E-state index contributed by atoms with van der Waals surface area (Å²) in [5.41, 5.74) is 2.13. The molecule has 0 radical (unpaired) electrons. The lowest BCUT2D eigenvalue weighted by Gasteiger charge is -2.40. The molecule has 13 heteroatoms. The minimum Gasteiger partial charge on any atom is -0.479 e. The van der Waals surface area contributed by atoms with Gasteiger partial charge in [0.05, 0.1) is 30.7 Å². The first-order valence-corrected chi connectivity index (χ1v) is 13.0. The van der Waals surface area contributed by atoms with Gasteiger partial charge in [0.1, 0.15) is 30.2 Å². The van der Waals surface area contributed by atoms with Crippen LogP contribution in [0.25, 0.3) is 0 Å². The van der Waals surface area contributed by atoms with Gasteiger partial charge in [-0.25, -0.2) is 4.79 Å². The molecule has 12 nitrogen and oxygen atoms in total. The van der Waals surface area contributed by atoms with E-state index in [1.165, 1.54) is 4.90 Å². The van der Waals surface area contributed by atoms with Crippen molar-refractivity contribution in [3.05, 3.63) is 29.3 Å². The van der Waals surface area contributed by atoms with Gasteiger partial charge in [-0.1, -0.05) is 25.1 Å². The van der Waals surface area contributed by atoms with Crippen LogP contribution in [0.15, 0.2) is 18.2 Å². The number of aliphatic carboxylic acids is 1. The van der Waals surface area contributed by atoms with Crippen molar-refractivity contribution in [2.45, 2.75) is 70.0 Å². The maximum absolute atomic E-state index is 13.3. The van der Waals surface area contributed by atoms with Gasteiger partial charge in [0, 0.05) is 10.8 Å². The van der Waals surface area contributed by atoms with Crippen LogP contribution in [0.4, 0.5) is 5.69 Å². The molecule has 1 aliphatic heterocycles. The van der Waals surface area contributed by atoms with Crippen LogP contribution < -0.4 is 4.90 Å². The zero-order valence-electron chi connectivity index (χ0n) is 20.4. The fourth-order valence-electron chi connectivity index (χ4n) is 3.97. The van der Waals surface area contributed by atoms with Crippen LogP contribution in [0, 0.1) is 6.92 Å². The van der Waals surface area contributed by atoms with E-state index in [2.05, 4.69) is 0 Å². The second-order valence-corrected chi connectivity index (χ2v) is 10.2. The lowest BCUT2D eigenvalue weighted by Crippen LogP contribution is -2.59. The number of aliphatic hydroxyl groups is 5. The zero-order chi connectivity index (χ0) is 27.2. The standard InChI is InChI=1S/C23H35NO11S/c1-4-14-7-5-6-12(2)18(14)24(17(27)11-36(33)10-15(26)22(31)32)13(3)9-34-23-21(30)20(29)19(28)16(8-25)35-23/h5-7,13,15-16,19-21,23,25-26,28-30H,4,8-11H2,1-3H3,(H,31,32)/t13?,15?,16-,19-,20+,21-,23-,36?/m1/s1. The quantitative estimate of drug-likeness (QED) is 0.179. The Kier molecular flexibility index (Phi) is 11.4. The summed E-state index contributed by atoms with van der Waals surface area (Å²) in [6.07, 6.45) is -8.65. The number of aliphatic hydroxyl groups excluding tert-OH is 5. The third-order valence-corrected chi connectivity index (χ3v) is 7.17. The molecule has 1 fully saturated rings. The van der Waals surface area contributed by atoms with Gasteiger partial charge in [-0.05, 0) is 31.4 Å². The molecule has 1 amide bonds. The Labute approximate surface area is 211 Å². The largest absolute Gasteiger partial charge is 0.479 e. The fraction of sp³-hybridized carbons (Fsp3) is 0.652. The molecular formula is C23H35NO11S. The Morgan fingerprint density at radius 3 is 2.44 bits per heavy atom. The fourth-order valence-corrected chi connectivity index (χ4v) is 5.00. The van der Waals surface area contributed by atoms with Crippen molar-refractivity contribution in [2.24, 2.45) is 0 Å². The number of anilines is 1. The Morgan fingerprint density at radius 2 is 1.86 bits per heavy atom. The normalized spacial score (nSPS) is 26.7. The van der Waals surface area contributed by atoms with Crippen LogP contribution in [0.3, 0.4) is 0 Å². The Morgan fingerprint density at radius 1 is 1.19 bits per heavy atom. The van der Waals surface area contributed by atoms with Crippen LogP contribution in [0.1, 0.15) is 25.0 Å². The van der Waals surface area contributed by atoms with Crippen LogP contribution in [-0.4, -0.2) is 114 Å². The molecule has 0 spiro atoms. The predicted molar refractivity (Wildman–Crippen MR) is 129 cm³/mol. The molecule has 36 heavy (non-hydrogen) atoms. The molecule has 0 saturated carbocycles. The third-order valence-electron chi connectivity index (χ3n) is 5.92. The van der Waals surface area contributed by atoms with E-state index >= 15 is 0 Å². The molecule has 0 aromatic heterocycles. The van der Waals surface area contributed by atoms with E-state index in [9.17, 15) is 39.3 Å². The Balaban J connectivity index is 2.27. The van der Waals surface area contributed by atoms with E-state index in [0.29, 0.717) is 12.1 Å². The summed E-state index contributed by atoms with van der Waals surface area (Å²) in [6.45, 7) is 4.50. The molecule has 1 aliphatic rings. The first-order chi connectivity index (χ1) is 16.9. The summed E-state index contributed by atoms with van der Waals surface area (Å²) in [6, 6.07) is 4.75. The second-order valence-electron chi connectivity index (χ2n) is 8.68. The minimum atomic E-state index is -1.97. The van der Waals surface area contributed by atoms with E-state index in [1.54, 1.807) is 19.9 Å². The highest BCUT2D eigenvalue weighted by atomic mass is 32.2. The van der Waals surface area contributed by atoms with Gasteiger partial charge in [0.15, 0.2) is 12.4 Å². The number of nitrogens with zero attached hydrogens (tertiary/aromatic N) is 1. The second kappa shape index (κ2) is 13.5. The van der Waals surface area contributed by atoms with E-state index in [4.69, 9.17) is 14.6 Å². The number of hydrogen-bond donors (Lipinski definition) is 6. The van der Waals surface area contributed by atoms with Gasteiger partial charge in [0.25, 0.3) is 0 Å². The third kappa shape index (κ3) is 7.29. The summed E-state index contributed by atoms with van der Waals surface area (Å²) < 4.78 is 23.4. The van der Waals surface area contributed by atoms with E-state index in [1.807, 2.05) is 19.1 Å². The van der Waals surface area contributed by atoms with Crippen molar-refractivity contribution < 1.29 is 53.9 Å². The van der Waals surface area contributed by atoms with Gasteiger partial charge in [-0.15, -0.1) is 0 Å².